The van der Waals surface area contributed by atoms with E-state index in [9.17, 15) is 18.0 Å². The summed E-state index contributed by atoms with van der Waals surface area (Å²) < 4.78 is 27.5. The van der Waals surface area contributed by atoms with Crippen LogP contribution >= 0.6 is 0 Å². The standard InChI is InChI=1S/C18H20N8O4S/c1-3-26-17-15(22-24-26)16(19-10-20-17)25-8-12(9-25)18(28)21-13-4-6-14(7-5-13)31(29,30)23-11(2)27/h4-7,10,12H,3,8-9H2,1-2H3,(H,21,28)(H,23,27). The van der Waals surface area contributed by atoms with Crippen LogP contribution in [-0.4, -0.2) is 58.3 Å². The second-order valence-electron chi connectivity index (χ2n) is 7.05. The zero-order valence-corrected chi connectivity index (χ0v) is 17.6. The Bertz CT molecular complexity index is 1250. The van der Waals surface area contributed by atoms with Crippen LogP contribution in [0.4, 0.5) is 11.5 Å². The minimum atomic E-state index is -3.91. The number of anilines is 2. The lowest BCUT2D eigenvalue weighted by atomic mass is 9.99. The van der Waals surface area contributed by atoms with Gasteiger partial charge < -0.3 is 10.2 Å². The fourth-order valence-corrected chi connectivity index (χ4v) is 4.24. The van der Waals surface area contributed by atoms with Gasteiger partial charge in [0.25, 0.3) is 10.0 Å². The number of hydrogen-bond donors (Lipinski definition) is 2. The summed E-state index contributed by atoms with van der Waals surface area (Å²) in [6.07, 6.45) is 1.46. The predicted molar refractivity (Wildman–Crippen MR) is 111 cm³/mol. The van der Waals surface area contributed by atoms with Gasteiger partial charge in [0.1, 0.15) is 6.33 Å². The fraction of sp³-hybridized carbons (Fsp3) is 0.333. The van der Waals surface area contributed by atoms with Gasteiger partial charge in [-0.2, -0.15) is 0 Å². The van der Waals surface area contributed by atoms with Crippen LogP contribution in [0.5, 0.6) is 0 Å². The lowest BCUT2D eigenvalue weighted by Gasteiger charge is -2.38. The first kappa shape index (κ1) is 20.7. The molecule has 4 rings (SSSR count). The predicted octanol–water partition coefficient (Wildman–Crippen LogP) is 0.141. The van der Waals surface area contributed by atoms with E-state index < -0.39 is 15.9 Å². The maximum absolute atomic E-state index is 12.5. The fourth-order valence-electron chi connectivity index (χ4n) is 3.25. The number of aryl methyl sites for hydroxylation is 1. The third-order valence-corrected chi connectivity index (χ3v) is 6.29. The van der Waals surface area contributed by atoms with Gasteiger partial charge in [0.05, 0.1) is 10.8 Å². The molecule has 1 fully saturated rings. The highest BCUT2D eigenvalue weighted by atomic mass is 32.2. The molecule has 0 aliphatic carbocycles. The molecule has 12 nitrogen and oxygen atoms in total. The molecule has 2 aromatic heterocycles. The van der Waals surface area contributed by atoms with Crippen LogP contribution in [0.1, 0.15) is 13.8 Å². The van der Waals surface area contributed by atoms with E-state index in [0.29, 0.717) is 42.3 Å². The van der Waals surface area contributed by atoms with Crippen molar-refractivity contribution < 1.29 is 18.0 Å². The number of amides is 2. The van der Waals surface area contributed by atoms with Gasteiger partial charge >= 0.3 is 0 Å². The van der Waals surface area contributed by atoms with E-state index in [-0.39, 0.29) is 16.7 Å². The monoisotopic (exact) mass is 444 g/mol. The summed E-state index contributed by atoms with van der Waals surface area (Å²) in [7, 11) is -3.91. The maximum Gasteiger partial charge on any atom is 0.264 e. The number of sulfonamides is 1. The van der Waals surface area contributed by atoms with Gasteiger partial charge in [-0.25, -0.2) is 27.8 Å². The Kier molecular flexibility index (Phi) is 5.27. The minimum absolute atomic E-state index is 0.0663. The van der Waals surface area contributed by atoms with E-state index in [1.54, 1.807) is 4.68 Å². The number of aromatic nitrogens is 5. The van der Waals surface area contributed by atoms with Gasteiger partial charge in [-0.3, -0.25) is 9.59 Å². The summed E-state index contributed by atoms with van der Waals surface area (Å²) in [5, 5.41) is 11.0. The number of rotatable bonds is 6. The van der Waals surface area contributed by atoms with Crippen LogP contribution in [0, 0.1) is 5.92 Å². The Morgan fingerprint density at radius 3 is 2.52 bits per heavy atom. The molecule has 3 heterocycles. The van der Waals surface area contributed by atoms with Gasteiger partial charge in [0, 0.05) is 32.2 Å². The number of carbonyl (C=O) groups is 2. The Morgan fingerprint density at radius 1 is 1.16 bits per heavy atom. The quantitative estimate of drug-likeness (QED) is 0.541. The second-order valence-corrected chi connectivity index (χ2v) is 8.73. The summed E-state index contributed by atoms with van der Waals surface area (Å²) in [6, 6.07) is 5.59. The van der Waals surface area contributed by atoms with Crippen LogP contribution in [-0.2, 0) is 26.2 Å². The molecule has 0 radical (unpaired) electrons. The molecule has 2 amide bonds. The minimum Gasteiger partial charge on any atom is -0.353 e. The SMILES string of the molecule is CCn1nnc2c(N3CC(C(=O)Nc4ccc(S(=O)(=O)NC(C)=O)cc4)C3)ncnc21. The van der Waals surface area contributed by atoms with E-state index in [1.165, 1.54) is 30.6 Å². The van der Waals surface area contributed by atoms with Crippen molar-refractivity contribution in [1.82, 2.24) is 29.7 Å². The van der Waals surface area contributed by atoms with Crippen molar-refractivity contribution in [3.8, 4) is 0 Å². The van der Waals surface area contributed by atoms with Crippen LogP contribution in [0.25, 0.3) is 11.2 Å². The highest BCUT2D eigenvalue weighted by Gasteiger charge is 2.35. The van der Waals surface area contributed by atoms with Crippen molar-refractivity contribution in [2.24, 2.45) is 5.92 Å². The molecule has 2 N–H and O–H groups in total. The van der Waals surface area contributed by atoms with Crippen molar-refractivity contribution >= 4 is 44.5 Å². The number of benzene rings is 1. The zero-order valence-electron chi connectivity index (χ0n) is 16.8. The number of nitrogens with zero attached hydrogens (tertiary/aromatic N) is 6. The van der Waals surface area contributed by atoms with E-state index >= 15 is 0 Å². The van der Waals surface area contributed by atoms with E-state index in [2.05, 4.69) is 25.6 Å². The third-order valence-electron chi connectivity index (χ3n) is 4.84. The van der Waals surface area contributed by atoms with Crippen molar-refractivity contribution in [2.75, 3.05) is 23.3 Å². The summed E-state index contributed by atoms with van der Waals surface area (Å²) in [6.45, 7) is 4.63. The first-order chi connectivity index (χ1) is 14.8. The summed E-state index contributed by atoms with van der Waals surface area (Å²) in [4.78, 5) is 33.9. The molecular weight excluding hydrogens is 424 g/mol. The van der Waals surface area contributed by atoms with E-state index in [1.807, 2.05) is 16.5 Å². The number of fused-ring (bicyclic) bond motifs is 1. The molecule has 3 aromatic rings. The third kappa shape index (κ3) is 4.03. The van der Waals surface area contributed by atoms with E-state index in [4.69, 9.17) is 0 Å². The maximum atomic E-state index is 12.5. The second kappa shape index (κ2) is 7.91. The van der Waals surface area contributed by atoms with Gasteiger partial charge in [0.2, 0.25) is 11.8 Å². The van der Waals surface area contributed by atoms with Crippen molar-refractivity contribution in [1.29, 1.82) is 0 Å². The van der Waals surface area contributed by atoms with Gasteiger partial charge in [-0.05, 0) is 31.2 Å². The summed E-state index contributed by atoms with van der Waals surface area (Å²) in [5.41, 5.74) is 1.70. The Morgan fingerprint density at radius 2 is 1.87 bits per heavy atom. The van der Waals surface area contributed by atoms with Crippen molar-refractivity contribution in [3.05, 3.63) is 30.6 Å². The smallest absolute Gasteiger partial charge is 0.264 e. The lowest BCUT2D eigenvalue weighted by Crippen LogP contribution is -2.52. The number of hydrogen-bond acceptors (Lipinski definition) is 9. The van der Waals surface area contributed by atoms with Crippen LogP contribution in [0.15, 0.2) is 35.5 Å². The average molecular weight is 444 g/mol. The Balaban J connectivity index is 1.39. The van der Waals surface area contributed by atoms with Crippen molar-refractivity contribution in [3.63, 3.8) is 0 Å². The molecule has 0 bridgehead atoms. The molecule has 0 spiro atoms. The van der Waals surface area contributed by atoms with Crippen LogP contribution in [0.2, 0.25) is 0 Å². The zero-order chi connectivity index (χ0) is 22.2. The Hall–Kier alpha value is -3.61. The van der Waals surface area contributed by atoms with Gasteiger partial charge in [0.15, 0.2) is 17.0 Å². The van der Waals surface area contributed by atoms with Crippen LogP contribution < -0.4 is 14.9 Å². The molecule has 1 saturated heterocycles. The lowest BCUT2D eigenvalue weighted by molar-refractivity contribution is -0.120. The average Bonchev–Trinajstić information content (AvgIpc) is 3.10. The first-order valence-electron chi connectivity index (χ1n) is 9.52. The van der Waals surface area contributed by atoms with Crippen LogP contribution in [0.3, 0.4) is 0 Å². The molecule has 1 aliphatic rings. The molecular formula is C18H20N8O4S. The molecule has 0 unspecified atom stereocenters. The molecule has 31 heavy (non-hydrogen) atoms. The highest BCUT2D eigenvalue weighted by molar-refractivity contribution is 7.90. The summed E-state index contributed by atoms with van der Waals surface area (Å²) >= 11 is 0. The largest absolute Gasteiger partial charge is 0.353 e. The Labute approximate surface area is 177 Å². The molecule has 0 atom stereocenters. The number of nitrogens with one attached hydrogen (secondary N) is 2. The molecule has 1 aromatic carbocycles. The number of carbonyl (C=O) groups excluding carboxylic acids is 2. The van der Waals surface area contributed by atoms with Crippen molar-refractivity contribution in [2.45, 2.75) is 25.3 Å². The topological polar surface area (TPSA) is 152 Å². The highest BCUT2D eigenvalue weighted by Crippen LogP contribution is 2.28. The van der Waals surface area contributed by atoms with Gasteiger partial charge in [-0.15, -0.1) is 5.10 Å². The van der Waals surface area contributed by atoms with E-state index in [0.717, 1.165) is 6.92 Å². The first-order valence-corrected chi connectivity index (χ1v) is 11.0. The molecule has 162 valence electrons. The normalized spacial score (nSPS) is 14.3. The van der Waals surface area contributed by atoms with Gasteiger partial charge in [-0.1, -0.05) is 5.21 Å². The molecule has 0 saturated carbocycles. The summed E-state index contributed by atoms with van der Waals surface area (Å²) in [5.74, 6) is -0.475. The molecule has 1 aliphatic heterocycles. The molecule has 13 heteroatoms.